The molecule has 4 nitrogen and oxygen atoms in total. The van der Waals surface area contributed by atoms with Gasteiger partial charge in [0.2, 0.25) is 0 Å². The van der Waals surface area contributed by atoms with E-state index in [-0.39, 0.29) is 5.92 Å². The van der Waals surface area contributed by atoms with Gasteiger partial charge in [-0.3, -0.25) is 10.6 Å². The van der Waals surface area contributed by atoms with Crippen LogP contribution in [0, 0.1) is 29.6 Å². The van der Waals surface area contributed by atoms with Gasteiger partial charge in [0.15, 0.2) is 0 Å². The van der Waals surface area contributed by atoms with Gasteiger partial charge >= 0.3 is 5.97 Å². The second kappa shape index (κ2) is 3.70. The predicted octanol–water partition coefficient (Wildman–Crippen LogP) is 0.975. The standard InChI is InChI=1S/C12H20N2O2/c13-14-11(12(15)16)10-8-2-6-1-7(4-8)5-9(10)3-6/h6-11,14H,1-5,13H2,(H,15,16). The van der Waals surface area contributed by atoms with Crippen LogP contribution in [0.25, 0.3) is 0 Å². The maximum atomic E-state index is 11.2. The van der Waals surface area contributed by atoms with E-state index in [2.05, 4.69) is 5.43 Å². The Morgan fingerprint density at radius 2 is 1.62 bits per heavy atom. The van der Waals surface area contributed by atoms with Gasteiger partial charge in [-0.25, -0.2) is 5.43 Å². The molecule has 16 heavy (non-hydrogen) atoms. The maximum absolute atomic E-state index is 11.2. The zero-order valence-corrected chi connectivity index (χ0v) is 9.43. The highest BCUT2D eigenvalue weighted by atomic mass is 16.4. The van der Waals surface area contributed by atoms with Gasteiger partial charge in [-0.15, -0.1) is 0 Å². The van der Waals surface area contributed by atoms with Crippen molar-refractivity contribution >= 4 is 5.97 Å². The summed E-state index contributed by atoms with van der Waals surface area (Å²) in [7, 11) is 0. The van der Waals surface area contributed by atoms with Crippen molar-refractivity contribution in [3.05, 3.63) is 0 Å². The Morgan fingerprint density at radius 1 is 1.12 bits per heavy atom. The molecule has 90 valence electrons. The molecule has 0 aromatic rings. The van der Waals surface area contributed by atoms with Crippen LogP contribution in [0.1, 0.15) is 32.1 Å². The van der Waals surface area contributed by atoms with Gasteiger partial charge in [0.05, 0.1) is 0 Å². The number of hydrogen-bond donors (Lipinski definition) is 3. The average Bonchev–Trinajstić information content (AvgIpc) is 2.21. The van der Waals surface area contributed by atoms with E-state index < -0.39 is 12.0 Å². The quantitative estimate of drug-likeness (QED) is 0.493. The van der Waals surface area contributed by atoms with Crippen LogP contribution in [0.5, 0.6) is 0 Å². The predicted molar refractivity (Wildman–Crippen MR) is 59.3 cm³/mol. The van der Waals surface area contributed by atoms with Crippen molar-refractivity contribution < 1.29 is 9.90 Å². The van der Waals surface area contributed by atoms with E-state index in [1.807, 2.05) is 0 Å². The topological polar surface area (TPSA) is 75.3 Å². The Kier molecular flexibility index (Phi) is 2.44. The third-order valence-electron chi connectivity index (χ3n) is 5.13. The second-order valence-corrected chi connectivity index (χ2v) is 5.99. The normalized spacial score (nSPS) is 46.9. The van der Waals surface area contributed by atoms with Crippen molar-refractivity contribution in [2.45, 2.75) is 38.1 Å². The minimum atomic E-state index is -0.778. The molecule has 4 bridgehead atoms. The Labute approximate surface area is 95.6 Å². The van der Waals surface area contributed by atoms with E-state index in [0.717, 1.165) is 11.8 Å². The first-order chi connectivity index (χ1) is 7.69. The molecule has 0 saturated heterocycles. The Bertz CT molecular complexity index is 277. The molecule has 4 heteroatoms. The summed E-state index contributed by atoms with van der Waals surface area (Å²) >= 11 is 0. The van der Waals surface area contributed by atoms with E-state index in [1.54, 1.807) is 0 Å². The first kappa shape index (κ1) is 10.5. The van der Waals surface area contributed by atoms with Crippen molar-refractivity contribution in [1.29, 1.82) is 0 Å². The summed E-state index contributed by atoms with van der Waals surface area (Å²) in [4.78, 5) is 11.2. The number of nitrogens with two attached hydrogens (primary N) is 1. The first-order valence-corrected chi connectivity index (χ1v) is 6.38. The summed E-state index contributed by atoms with van der Waals surface area (Å²) in [5.74, 6) is 7.89. The van der Waals surface area contributed by atoms with Gasteiger partial charge in [0.1, 0.15) is 6.04 Å². The SMILES string of the molecule is NNC(C(=O)O)C1C2CC3CC(C2)CC1C3. The fourth-order valence-electron chi connectivity index (χ4n) is 4.86. The molecule has 0 heterocycles. The van der Waals surface area contributed by atoms with Gasteiger partial charge in [-0.05, 0) is 61.7 Å². The molecule has 4 N–H and O–H groups in total. The van der Waals surface area contributed by atoms with E-state index in [1.165, 1.54) is 32.1 Å². The summed E-state index contributed by atoms with van der Waals surface area (Å²) in [5.41, 5.74) is 2.53. The molecule has 4 rings (SSSR count). The Hall–Kier alpha value is -0.610. The fourth-order valence-corrected chi connectivity index (χ4v) is 4.86. The zero-order chi connectivity index (χ0) is 11.3. The van der Waals surface area contributed by atoms with Crippen molar-refractivity contribution in [2.24, 2.45) is 35.4 Å². The highest BCUT2D eigenvalue weighted by Crippen LogP contribution is 2.57. The van der Waals surface area contributed by atoms with Crippen LogP contribution in [-0.2, 0) is 4.79 Å². The molecule has 1 atom stereocenters. The lowest BCUT2D eigenvalue weighted by atomic mass is 9.50. The van der Waals surface area contributed by atoms with Gasteiger partial charge in [0.25, 0.3) is 0 Å². The molecule has 4 fully saturated rings. The molecule has 0 amide bonds. The van der Waals surface area contributed by atoms with Crippen LogP contribution in [0.15, 0.2) is 0 Å². The number of hydrazine groups is 1. The van der Waals surface area contributed by atoms with Gasteiger partial charge in [0, 0.05) is 0 Å². The van der Waals surface area contributed by atoms with Gasteiger partial charge in [-0.2, -0.15) is 0 Å². The van der Waals surface area contributed by atoms with E-state index in [9.17, 15) is 9.90 Å². The van der Waals surface area contributed by atoms with Crippen LogP contribution < -0.4 is 11.3 Å². The summed E-state index contributed by atoms with van der Waals surface area (Å²) < 4.78 is 0. The molecule has 4 saturated carbocycles. The Balaban J connectivity index is 1.83. The third-order valence-corrected chi connectivity index (χ3v) is 5.13. The van der Waals surface area contributed by atoms with Crippen molar-refractivity contribution in [3.8, 4) is 0 Å². The molecule has 0 aromatic carbocycles. The average molecular weight is 224 g/mol. The molecule has 4 aliphatic carbocycles. The van der Waals surface area contributed by atoms with Gasteiger partial charge < -0.3 is 5.11 Å². The molecule has 0 aliphatic heterocycles. The molecule has 1 unspecified atom stereocenters. The molecule has 0 radical (unpaired) electrons. The monoisotopic (exact) mass is 224 g/mol. The van der Waals surface area contributed by atoms with Crippen LogP contribution in [0.3, 0.4) is 0 Å². The van der Waals surface area contributed by atoms with E-state index >= 15 is 0 Å². The summed E-state index contributed by atoms with van der Waals surface area (Å²) in [6.45, 7) is 0. The first-order valence-electron chi connectivity index (χ1n) is 6.38. The lowest BCUT2D eigenvalue weighted by molar-refractivity contribution is -0.146. The summed E-state index contributed by atoms with van der Waals surface area (Å²) in [6, 6.07) is -0.532. The van der Waals surface area contributed by atoms with Crippen molar-refractivity contribution in [2.75, 3.05) is 0 Å². The fraction of sp³-hybridized carbons (Fsp3) is 0.917. The highest BCUT2D eigenvalue weighted by Gasteiger charge is 2.51. The maximum Gasteiger partial charge on any atom is 0.322 e. The zero-order valence-electron chi connectivity index (χ0n) is 9.43. The van der Waals surface area contributed by atoms with E-state index in [0.29, 0.717) is 11.8 Å². The number of hydrogen-bond acceptors (Lipinski definition) is 3. The molecule has 0 spiro atoms. The molecular weight excluding hydrogens is 204 g/mol. The van der Waals surface area contributed by atoms with Crippen LogP contribution in [0.2, 0.25) is 0 Å². The lowest BCUT2D eigenvalue weighted by Gasteiger charge is -2.55. The minimum absolute atomic E-state index is 0.273. The van der Waals surface area contributed by atoms with Crippen molar-refractivity contribution in [1.82, 2.24) is 5.43 Å². The molecular formula is C12H20N2O2. The van der Waals surface area contributed by atoms with Crippen LogP contribution in [-0.4, -0.2) is 17.1 Å². The van der Waals surface area contributed by atoms with Crippen molar-refractivity contribution in [3.63, 3.8) is 0 Å². The van der Waals surface area contributed by atoms with Crippen LogP contribution >= 0.6 is 0 Å². The van der Waals surface area contributed by atoms with Gasteiger partial charge in [-0.1, -0.05) is 0 Å². The number of nitrogens with one attached hydrogen (secondary N) is 1. The summed E-state index contributed by atoms with van der Waals surface area (Å²) in [5, 5.41) is 9.22. The number of rotatable bonds is 3. The van der Waals surface area contributed by atoms with E-state index in [4.69, 9.17) is 5.84 Å². The largest absolute Gasteiger partial charge is 0.480 e. The molecule has 4 aliphatic rings. The second-order valence-electron chi connectivity index (χ2n) is 5.99. The number of carboxylic acid groups (broad SMARTS) is 1. The smallest absolute Gasteiger partial charge is 0.322 e. The highest BCUT2D eigenvalue weighted by molar-refractivity contribution is 5.74. The Morgan fingerprint density at radius 3 is 2.00 bits per heavy atom. The molecule has 0 aromatic heterocycles. The summed E-state index contributed by atoms with van der Waals surface area (Å²) in [6.07, 6.45) is 6.35. The minimum Gasteiger partial charge on any atom is -0.480 e. The lowest BCUT2D eigenvalue weighted by Crippen LogP contribution is -2.57. The third kappa shape index (κ3) is 1.47. The number of carbonyl (C=O) groups is 1. The van der Waals surface area contributed by atoms with Crippen LogP contribution in [0.4, 0.5) is 0 Å². The number of aliphatic carboxylic acids is 1. The number of carboxylic acids is 1.